The van der Waals surface area contributed by atoms with Crippen molar-refractivity contribution in [3.05, 3.63) is 81.7 Å². The summed E-state index contributed by atoms with van der Waals surface area (Å²) in [5.74, 6) is 4.28. The van der Waals surface area contributed by atoms with E-state index in [1.807, 2.05) is 28.8 Å². The molecular weight excluding hydrogens is 630 g/mol. The maximum Gasteiger partial charge on any atom is 0.428 e. The van der Waals surface area contributed by atoms with Crippen LogP contribution in [0.3, 0.4) is 0 Å². The fourth-order valence-corrected chi connectivity index (χ4v) is 6.88. The highest BCUT2D eigenvalue weighted by molar-refractivity contribution is 7.89. The highest BCUT2D eigenvalue weighted by atomic mass is 32.2. The lowest BCUT2D eigenvalue weighted by molar-refractivity contribution is -0.135. The molecule has 2 aliphatic rings. The summed E-state index contributed by atoms with van der Waals surface area (Å²) in [4.78, 5) is 13.8. The third-order valence-electron chi connectivity index (χ3n) is 8.03. The number of carboxylic acid groups (broad SMARTS) is 1. The number of halogens is 4. The summed E-state index contributed by atoms with van der Waals surface area (Å²) in [6, 6.07) is 12.7. The maximum absolute atomic E-state index is 14.9. The van der Waals surface area contributed by atoms with E-state index in [0.29, 0.717) is 40.4 Å². The molecule has 0 amide bonds. The van der Waals surface area contributed by atoms with Crippen LogP contribution in [-0.2, 0) is 29.2 Å². The first-order chi connectivity index (χ1) is 21.3. The smallest absolute Gasteiger partial charge is 0.428 e. The summed E-state index contributed by atoms with van der Waals surface area (Å²) < 4.78 is 81.9. The van der Waals surface area contributed by atoms with Crippen LogP contribution in [0.2, 0.25) is 0 Å². The Bertz CT molecular complexity index is 1980. The molecule has 0 bridgehead atoms. The van der Waals surface area contributed by atoms with Crippen LogP contribution in [0.5, 0.6) is 0 Å². The topological polar surface area (TPSA) is 115 Å². The molecule has 2 heterocycles. The molecule has 234 valence electrons. The van der Waals surface area contributed by atoms with Gasteiger partial charge in [0.1, 0.15) is 20.6 Å². The number of carboxylic acids is 1. The highest BCUT2D eigenvalue weighted by Crippen LogP contribution is 2.44. The Morgan fingerprint density at radius 3 is 2.44 bits per heavy atom. The third-order valence-corrected chi connectivity index (χ3v) is 10.1. The van der Waals surface area contributed by atoms with Gasteiger partial charge in [0.05, 0.1) is 0 Å². The van der Waals surface area contributed by atoms with Crippen molar-refractivity contribution >= 4 is 27.3 Å². The average Bonchev–Trinajstić information content (AvgIpc) is 3.51. The minimum absolute atomic E-state index is 0.0421. The summed E-state index contributed by atoms with van der Waals surface area (Å²) in [6.07, 6.45) is 0.631. The number of rotatable bonds is 8. The van der Waals surface area contributed by atoms with Gasteiger partial charge in [-0.2, -0.15) is 13.2 Å². The summed E-state index contributed by atoms with van der Waals surface area (Å²) in [7, 11) is -4.30. The van der Waals surface area contributed by atoms with Gasteiger partial charge >= 0.3 is 12.1 Å². The predicted molar refractivity (Wildman–Crippen MR) is 160 cm³/mol. The van der Waals surface area contributed by atoms with Gasteiger partial charge < -0.3 is 9.67 Å². The Hall–Kier alpha value is -3.99. The van der Waals surface area contributed by atoms with Crippen molar-refractivity contribution in [1.82, 2.24) is 9.55 Å². The molecule has 2 aromatic heterocycles. The molecule has 6 rings (SSSR count). The van der Waals surface area contributed by atoms with Crippen molar-refractivity contribution in [1.29, 1.82) is 0 Å². The van der Waals surface area contributed by atoms with Crippen LogP contribution in [0.4, 0.5) is 17.6 Å². The number of nitrogens with zero attached hydrogens (tertiary/aromatic N) is 2. The molecule has 0 aliphatic heterocycles. The number of benzene rings is 2. The molecule has 2 aliphatic carbocycles. The van der Waals surface area contributed by atoms with E-state index < -0.39 is 43.5 Å². The quantitative estimate of drug-likeness (QED) is 0.158. The second-order valence-electron chi connectivity index (χ2n) is 11.4. The number of hydrogen-bond acceptors (Lipinski definition) is 5. The van der Waals surface area contributed by atoms with Crippen LogP contribution in [0, 0.1) is 29.5 Å². The van der Waals surface area contributed by atoms with Crippen LogP contribution in [0.15, 0.2) is 53.4 Å². The van der Waals surface area contributed by atoms with Crippen molar-refractivity contribution in [2.45, 2.75) is 56.1 Å². The lowest BCUT2D eigenvalue weighted by Crippen LogP contribution is -2.14. The molecular formula is C32H27F4N3O4S2. The first-order valence-corrected chi connectivity index (χ1v) is 16.6. The number of carbonyl (C=O) groups is 1. The molecule has 3 N–H and O–H groups in total. The molecule has 4 aromatic rings. The highest BCUT2D eigenvalue weighted by Gasteiger charge is 2.40. The Balaban J connectivity index is 1.53. The SMILES string of the molecule is NS(=O)(=O)c1ccc(Cn2c(-c3cccc(C#CC4CCC4)c3)cc(-c3nc(C(=O)O)c(C(F)(F)F)s3)c2CC2CC2)cc1F. The van der Waals surface area contributed by atoms with Crippen molar-refractivity contribution in [2.75, 3.05) is 0 Å². The van der Waals surface area contributed by atoms with Crippen LogP contribution < -0.4 is 5.14 Å². The van der Waals surface area contributed by atoms with E-state index in [2.05, 4.69) is 16.8 Å². The second-order valence-corrected chi connectivity index (χ2v) is 13.9. The Morgan fingerprint density at radius 2 is 1.87 bits per heavy atom. The summed E-state index contributed by atoms with van der Waals surface area (Å²) in [5, 5.41) is 14.6. The zero-order valence-electron chi connectivity index (χ0n) is 23.7. The molecule has 45 heavy (non-hydrogen) atoms. The zero-order chi connectivity index (χ0) is 32.1. The number of nitrogens with two attached hydrogens (primary N) is 1. The standard InChI is InChI=1S/C32H27F4N3O4S2/c33-24-14-21(11-12-27(24)45(37,42)43)17-39-25(22-6-2-5-19(13-22)8-7-18-3-1-4-18)16-23(26(39)15-20-9-10-20)30-38-28(31(40)41)29(44-30)32(34,35)36/h2,5-6,11-14,16,18,20H,1,3-4,9-10,15,17H2,(H,40,41)(H2,37,42,43). The normalized spacial score (nSPS) is 15.4. The minimum Gasteiger partial charge on any atom is -0.476 e. The van der Waals surface area contributed by atoms with Gasteiger partial charge in [0.25, 0.3) is 0 Å². The van der Waals surface area contributed by atoms with E-state index in [4.69, 9.17) is 5.14 Å². The minimum atomic E-state index is -4.91. The molecule has 2 fully saturated rings. The number of aromatic carboxylic acids is 1. The first kappa shape index (κ1) is 31.0. The Morgan fingerprint density at radius 1 is 1.11 bits per heavy atom. The molecule has 0 spiro atoms. The van der Waals surface area contributed by atoms with Crippen molar-refractivity contribution in [2.24, 2.45) is 17.0 Å². The van der Waals surface area contributed by atoms with Crippen LogP contribution in [0.25, 0.3) is 21.8 Å². The van der Waals surface area contributed by atoms with E-state index in [1.165, 1.54) is 6.07 Å². The Kier molecular flexibility index (Phi) is 8.09. The lowest BCUT2D eigenvalue weighted by atomic mass is 9.86. The average molecular weight is 658 g/mol. The van der Waals surface area contributed by atoms with Crippen LogP contribution in [0.1, 0.15) is 64.3 Å². The fourth-order valence-electron chi connectivity index (χ4n) is 5.33. The molecule has 0 saturated heterocycles. The second kappa shape index (κ2) is 11.7. The van der Waals surface area contributed by atoms with Gasteiger partial charge in [-0.3, -0.25) is 0 Å². The van der Waals surface area contributed by atoms with E-state index in [1.54, 1.807) is 6.07 Å². The molecule has 0 atom stereocenters. The Labute approximate surface area is 260 Å². The number of hydrogen-bond donors (Lipinski definition) is 2. The summed E-state index contributed by atoms with van der Waals surface area (Å²) in [6.45, 7) is 0.0421. The van der Waals surface area contributed by atoms with Crippen LogP contribution in [-0.4, -0.2) is 29.0 Å². The number of aromatic nitrogens is 2. The van der Waals surface area contributed by atoms with Gasteiger partial charge in [0.2, 0.25) is 10.0 Å². The van der Waals surface area contributed by atoms with Gasteiger partial charge in [-0.05, 0) is 79.5 Å². The molecule has 13 heteroatoms. The molecule has 2 aromatic carbocycles. The largest absolute Gasteiger partial charge is 0.476 e. The number of thiazole rings is 1. The fraction of sp³-hybridized carbons (Fsp3) is 0.312. The van der Waals surface area contributed by atoms with E-state index in [-0.39, 0.29) is 28.8 Å². The van der Waals surface area contributed by atoms with Crippen LogP contribution >= 0.6 is 11.3 Å². The monoisotopic (exact) mass is 657 g/mol. The van der Waals surface area contributed by atoms with Gasteiger partial charge in [-0.25, -0.2) is 27.7 Å². The molecule has 2 saturated carbocycles. The number of alkyl halides is 3. The number of primary sulfonamides is 1. The van der Waals surface area contributed by atoms with Gasteiger partial charge in [-0.1, -0.05) is 36.5 Å². The first-order valence-electron chi connectivity index (χ1n) is 14.2. The maximum atomic E-state index is 14.9. The molecule has 0 unspecified atom stereocenters. The van der Waals surface area contributed by atoms with E-state index in [0.717, 1.165) is 49.8 Å². The van der Waals surface area contributed by atoms with E-state index in [9.17, 15) is 35.9 Å². The van der Waals surface area contributed by atoms with Crippen molar-refractivity contribution in [3.63, 3.8) is 0 Å². The predicted octanol–water partition coefficient (Wildman–Crippen LogP) is 6.93. The van der Waals surface area contributed by atoms with Crippen molar-refractivity contribution in [3.8, 4) is 33.7 Å². The van der Waals surface area contributed by atoms with Gasteiger partial charge in [0.15, 0.2) is 5.69 Å². The van der Waals surface area contributed by atoms with Gasteiger partial charge in [0, 0.05) is 35.0 Å². The molecule has 0 radical (unpaired) electrons. The van der Waals surface area contributed by atoms with E-state index >= 15 is 0 Å². The van der Waals surface area contributed by atoms with Gasteiger partial charge in [-0.15, -0.1) is 11.3 Å². The number of sulfonamides is 1. The summed E-state index contributed by atoms with van der Waals surface area (Å²) in [5.41, 5.74) is 2.34. The van der Waals surface area contributed by atoms with Crippen molar-refractivity contribution < 1.29 is 35.9 Å². The zero-order valence-corrected chi connectivity index (χ0v) is 25.3. The third kappa shape index (κ3) is 6.68. The summed E-state index contributed by atoms with van der Waals surface area (Å²) >= 11 is 0.270. The lowest BCUT2D eigenvalue weighted by Gasteiger charge is -2.18. The molecule has 7 nitrogen and oxygen atoms in total.